The van der Waals surface area contributed by atoms with Crippen LogP contribution < -0.4 is 5.32 Å². The van der Waals surface area contributed by atoms with Gasteiger partial charge in [-0.2, -0.15) is 0 Å². The Morgan fingerprint density at radius 1 is 1.37 bits per heavy atom. The zero-order chi connectivity index (χ0) is 13.3. The molecule has 0 aromatic carbocycles. The fourth-order valence-electron chi connectivity index (χ4n) is 3.48. The van der Waals surface area contributed by atoms with Crippen LogP contribution in [0.2, 0.25) is 0 Å². The van der Waals surface area contributed by atoms with E-state index in [1.807, 2.05) is 18.5 Å². The van der Waals surface area contributed by atoms with Crippen LogP contribution in [0.15, 0.2) is 18.5 Å². The number of piperidine rings is 1. The van der Waals surface area contributed by atoms with Crippen molar-refractivity contribution in [3.63, 3.8) is 0 Å². The number of fused-ring (bicyclic) bond motifs is 1. The summed E-state index contributed by atoms with van der Waals surface area (Å²) in [6.07, 6.45) is 8.55. The zero-order valence-electron chi connectivity index (χ0n) is 11.8. The molecule has 1 fully saturated rings. The third-order valence-corrected chi connectivity index (χ3v) is 4.45. The van der Waals surface area contributed by atoms with Gasteiger partial charge in [-0.1, -0.05) is 13.3 Å². The lowest BCUT2D eigenvalue weighted by molar-refractivity contribution is 0.266. The van der Waals surface area contributed by atoms with Crippen molar-refractivity contribution in [3.8, 4) is 0 Å². The lowest BCUT2D eigenvalue weighted by Gasteiger charge is -2.37. The first-order valence-electron chi connectivity index (χ1n) is 7.24. The standard InChI is InChI=1S/C15H22N4/c1-3-5-15(6-9-16-10-7-15)14-18-12-4-8-17-11-13(12)19(14)2/h4,8,11,16H,3,5-7,9-10H2,1-2H3. The van der Waals surface area contributed by atoms with E-state index in [0.717, 1.165) is 24.1 Å². The normalized spacial score (nSPS) is 18.8. The SMILES string of the molecule is CCCC1(c2nc3ccncc3n2C)CCNCC1. The van der Waals surface area contributed by atoms with E-state index in [1.165, 1.54) is 31.5 Å². The molecule has 0 saturated carbocycles. The monoisotopic (exact) mass is 258 g/mol. The van der Waals surface area contributed by atoms with Crippen molar-refractivity contribution in [3.05, 3.63) is 24.3 Å². The molecule has 3 heterocycles. The summed E-state index contributed by atoms with van der Waals surface area (Å²) in [5, 5.41) is 3.47. The number of nitrogens with zero attached hydrogens (tertiary/aromatic N) is 3. The van der Waals surface area contributed by atoms with Crippen LogP contribution in [0.1, 0.15) is 38.4 Å². The van der Waals surface area contributed by atoms with E-state index in [-0.39, 0.29) is 5.41 Å². The molecule has 3 rings (SSSR count). The van der Waals surface area contributed by atoms with E-state index < -0.39 is 0 Å². The molecule has 4 nitrogen and oxygen atoms in total. The van der Waals surface area contributed by atoms with Gasteiger partial charge in [0.25, 0.3) is 0 Å². The van der Waals surface area contributed by atoms with Gasteiger partial charge in [0.15, 0.2) is 0 Å². The van der Waals surface area contributed by atoms with E-state index in [1.54, 1.807) is 0 Å². The minimum absolute atomic E-state index is 0.244. The number of pyridine rings is 1. The van der Waals surface area contributed by atoms with Crippen LogP contribution in [0.25, 0.3) is 11.0 Å². The molecule has 0 radical (unpaired) electrons. The molecule has 1 aliphatic heterocycles. The molecule has 0 atom stereocenters. The average Bonchev–Trinajstić information content (AvgIpc) is 2.79. The van der Waals surface area contributed by atoms with Gasteiger partial charge in [-0.25, -0.2) is 4.98 Å². The van der Waals surface area contributed by atoms with Gasteiger partial charge >= 0.3 is 0 Å². The van der Waals surface area contributed by atoms with Gasteiger partial charge in [0.1, 0.15) is 5.82 Å². The van der Waals surface area contributed by atoms with Crippen LogP contribution in [0, 0.1) is 0 Å². The summed E-state index contributed by atoms with van der Waals surface area (Å²) >= 11 is 0. The van der Waals surface area contributed by atoms with Crippen molar-refractivity contribution in [1.82, 2.24) is 19.9 Å². The van der Waals surface area contributed by atoms with Crippen molar-refractivity contribution >= 4 is 11.0 Å². The highest BCUT2D eigenvalue weighted by Crippen LogP contribution is 2.38. The lowest BCUT2D eigenvalue weighted by Crippen LogP contribution is -2.41. The zero-order valence-corrected chi connectivity index (χ0v) is 11.8. The molecule has 0 unspecified atom stereocenters. The highest BCUT2D eigenvalue weighted by atomic mass is 15.1. The van der Waals surface area contributed by atoms with Crippen molar-refractivity contribution < 1.29 is 0 Å². The summed E-state index contributed by atoms with van der Waals surface area (Å²) in [5.41, 5.74) is 2.46. The first-order chi connectivity index (χ1) is 9.27. The van der Waals surface area contributed by atoms with Crippen molar-refractivity contribution in [2.75, 3.05) is 13.1 Å². The number of hydrogen-bond acceptors (Lipinski definition) is 3. The maximum Gasteiger partial charge on any atom is 0.115 e. The fraction of sp³-hybridized carbons (Fsp3) is 0.600. The molecule has 4 heteroatoms. The largest absolute Gasteiger partial charge is 0.329 e. The highest BCUT2D eigenvalue weighted by Gasteiger charge is 2.37. The second-order valence-corrected chi connectivity index (χ2v) is 5.64. The van der Waals surface area contributed by atoms with Gasteiger partial charge in [0.2, 0.25) is 0 Å². The molecular weight excluding hydrogens is 236 g/mol. The van der Waals surface area contributed by atoms with Crippen LogP contribution >= 0.6 is 0 Å². The van der Waals surface area contributed by atoms with E-state index in [4.69, 9.17) is 4.98 Å². The van der Waals surface area contributed by atoms with Gasteiger partial charge < -0.3 is 9.88 Å². The molecule has 2 aromatic rings. The van der Waals surface area contributed by atoms with E-state index in [2.05, 4.69) is 28.8 Å². The second-order valence-electron chi connectivity index (χ2n) is 5.64. The molecule has 1 N–H and O–H groups in total. The number of nitrogens with one attached hydrogen (secondary N) is 1. The molecule has 0 amide bonds. The highest BCUT2D eigenvalue weighted by molar-refractivity contribution is 5.74. The summed E-state index contributed by atoms with van der Waals surface area (Å²) in [6, 6.07) is 2.01. The first kappa shape index (κ1) is 12.6. The number of rotatable bonds is 3. The summed E-state index contributed by atoms with van der Waals surface area (Å²) in [7, 11) is 2.13. The van der Waals surface area contributed by atoms with Crippen LogP contribution in [-0.4, -0.2) is 27.6 Å². The lowest BCUT2D eigenvalue weighted by atomic mass is 9.74. The van der Waals surface area contributed by atoms with Crippen LogP contribution in [0.3, 0.4) is 0 Å². The van der Waals surface area contributed by atoms with Gasteiger partial charge in [0.05, 0.1) is 17.2 Å². The van der Waals surface area contributed by atoms with Gasteiger partial charge in [-0.3, -0.25) is 4.98 Å². The fourth-order valence-corrected chi connectivity index (χ4v) is 3.48. The van der Waals surface area contributed by atoms with Crippen LogP contribution in [0.5, 0.6) is 0 Å². The predicted octanol–water partition coefficient (Wildman–Crippen LogP) is 2.39. The van der Waals surface area contributed by atoms with Crippen molar-refractivity contribution in [2.45, 2.75) is 38.0 Å². The molecule has 1 saturated heterocycles. The molecule has 0 spiro atoms. The minimum atomic E-state index is 0.244. The summed E-state index contributed by atoms with van der Waals surface area (Å²) in [5.74, 6) is 1.25. The third kappa shape index (κ3) is 2.04. The molecule has 2 aromatic heterocycles. The Bertz CT molecular complexity index is 561. The van der Waals surface area contributed by atoms with Crippen molar-refractivity contribution in [1.29, 1.82) is 0 Å². The predicted molar refractivity (Wildman–Crippen MR) is 77.2 cm³/mol. The van der Waals surface area contributed by atoms with Crippen molar-refractivity contribution in [2.24, 2.45) is 7.05 Å². The van der Waals surface area contributed by atoms with E-state index >= 15 is 0 Å². The number of hydrogen-bond donors (Lipinski definition) is 1. The number of aromatic nitrogens is 3. The maximum absolute atomic E-state index is 4.92. The summed E-state index contributed by atoms with van der Waals surface area (Å²) in [6.45, 7) is 4.47. The number of imidazole rings is 1. The van der Waals surface area contributed by atoms with Gasteiger partial charge in [-0.15, -0.1) is 0 Å². The minimum Gasteiger partial charge on any atom is -0.329 e. The topological polar surface area (TPSA) is 42.7 Å². The second kappa shape index (κ2) is 4.93. The Hall–Kier alpha value is -1.42. The molecule has 19 heavy (non-hydrogen) atoms. The van der Waals surface area contributed by atoms with E-state index in [0.29, 0.717) is 0 Å². The Kier molecular flexibility index (Phi) is 3.27. The summed E-state index contributed by atoms with van der Waals surface area (Å²) < 4.78 is 2.25. The average molecular weight is 258 g/mol. The Morgan fingerprint density at radius 2 is 2.16 bits per heavy atom. The number of aryl methyl sites for hydroxylation is 1. The first-order valence-corrected chi connectivity index (χ1v) is 7.24. The Morgan fingerprint density at radius 3 is 2.84 bits per heavy atom. The van der Waals surface area contributed by atoms with Gasteiger partial charge in [-0.05, 0) is 38.4 Å². The molecule has 1 aliphatic rings. The molecule has 0 bridgehead atoms. The summed E-state index contributed by atoms with van der Waals surface area (Å²) in [4.78, 5) is 9.15. The van der Waals surface area contributed by atoms with Crippen LogP contribution in [0.4, 0.5) is 0 Å². The maximum atomic E-state index is 4.92. The van der Waals surface area contributed by atoms with Crippen LogP contribution in [-0.2, 0) is 12.5 Å². The third-order valence-electron chi connectivity index (χ3n) is 4.45. The van der Waals surface area contributed by atoms with Gasteiger partial charge in [0, 0.05) is 18.7 Å². The smallest absolute Gasteiger partial charge is 0.115 e. The molecule has 0 aliphatic carbocycles. The van der Waals surface area contributed by atoms with E-state index in [9.17, 15) is 0 Å². The Labute approximate surface area is 114 Å². The quantitative estimate of drug-likeness (QED) is 0.919. The molecule has 102 valence electrons. The molecular formula is C15H22N4. The Balaban J connectivity index is 2.11.